The molecule has 19 heavy (non-hydrogen) atoms. The van der Waals surface area contributed by atoms with E-state index in [1.807, 2.05) is 0 Å². The van der Waals surface area contributed by atoms with E-state index in [2.05, 4.69) is 33.0 Å². The molecule has 0 aliphatic heterocycles. The maximum absolute atomic E-state index is 12.7. The maximum atomic E-state index is 12.7. The number of halogens is 3. The average molecular weight is 274 g/mol. The second-order valence-electron chi connectivity index (χ2n) is 5.80. The molecule has 0 aromatic heterocycles. The number of rotatable bonds is 4. The van der Waals surface area contributed by atoms with Crippen LogP contribution in [0.2, 0.25) is 0 Å². The van der Waals surface area contributed by atoms with Crippen molar-refractivity contribution in [1.29, 1.82) is 0 Å². The van der Waals surface area contributed by atoms with Gasteiger partial charge in [-0.25, -0.2) is 0 Å². The van der Waals surface area contributed by atoms with Crippen LogP contribution in [0.5, 0.6) is 0 Å². The summed E-state index contributed by atoms with van der Waals surface area (Å²) in [4.78, 5) is 0. The van der Waals surface area contributed by atoms with Crippen molar-refractivity contribution in [3.8, 4) is 0 Å². The van der Waals surface area contributed by atoms with E-state index >= 15 is 0 Å². The van der Waals surface area contributed by atoms with Crippen molar-refractivity contribution in [2.45, 2.75) is 33.9 Å². The molecule has 108 valence electrons. The fourth-order valence-electron chi connectivity index (χ4n) is 1.45. The van der Waals surface area contributed by atoms with Gasteiger partial charge in [0.05, 0.1) is 5.56 Å². The van der Waals surface area contributed by atoms with Crippen LogP contribution in [-0.4, -0.2) is 6.54 Å². The molecule has 0 amide bonds. The molecule has 0 atom stereocenters. The van der Waals surface area contributed by atoms with Crippen LogP contribution in [0.15, 0.2) is 18.2 Å². The number of alkyl halides is 3. The Morgan fingerprint density at radius 2 is 1.79 bits per heavy atom. The minimum Gasteiger partial charge on any atom is -0.398 e. The number of nitrogens with one attached hydrogen (secondary N) is 1. The molecule has 2 nitrogen and oxygen atoms in total. The fourth-order valence-corrected chi connectivity index (χ4v) is 1.45. The Bertz CT molecular complexity index is 437. The summed E-state index contributed by atoms with van der Waals surface area (Å²) in [6.07, 6.45) is -4.42. The van der Waals surface area contributed by atoms with Gasteiger partial charge in [0.25, 0.3) is 0 Å². The Balaban J connectivity index is 2.87. The first-order valence-corrected chi connectivity index (χ1v) is 6.24. The number of nitrogens with two attached hydrogens (primary N) is 1. The third-order valence-electron chi connectivity index (χ3n) is 3.67. The minimum atomic E-state index is -4.42. The quantitative estimate of drug-likeness (QED) is 0.799. The van der Waals surface area contributed by atoms with Gasteiger partial charge in [-0.15, -0.1) is 0 Å². The van der Waals surface area contributed by atoms with Crippen molar-refractivity contribution in [1.82, 2.24) is 0 Å². The molecule has 0 bridgehead atoms. The predicted octanol–water partition coefficient (Wildman–Crippen LogP) is 4.38. The summed E-state index contributed by atoms with van der Waals surface area (Å²) >= 11 is 0. The van der Waals surface area contributed by atoms with E-state index in [9.17, 15) is 13.2 Å². The molecule has 5 heteroatoms. The summed E-state index contributed by atoms with van der Waals surface area (Å²) in [5.41, 5.74) is 4.76. The largest absolute Gasteiger partial charge is 0.418 e. The third-order valence-corrected chi connectivity index (χ3v) is 3.67. The first kappa shape index (κ1) is 15.7. The molecule has 0 saturated heterocycles. The van der Waals surface area contributed by atoms with Gasteiger partial charge in [-0.3, -0.25) is 0 Å². The number of hydrogen-bond donors (Lipinski definition) is 2. The molecular formula is C14H21F3N2. The molecule has 0 unspecified atom stereocenters. The molecule has 3 N–H and O–H groups in total. The highest BCUT2D eigenvalue weighted by atomic mass is 19.4. The smallest absolute Gasteiger partial charge is 0.398 e. The summed E-state index contributed by atoms with van der Waals surface area (Å²) in [7, 11) is 0. The first-order valence-electron chi connectivity index (χ1n) is 6.24. The SMILES string of the molecule is CC(C)C(C)(C)CNc1ccc(N)c(C(F)(F)F)c1. The second-order valence-corrected chi connectivity index (χ2v) is 5.80. The van der Waals surface area contributed by atoms with E-state index < -0.39 is 11.7 Å². The highest BCUT2D eigenvalue weighted by Crippen LogP contribution is 2.35. The Labute approximate surface area is 112 Å². The average Bonchev–Trinajstić information content (AvgIpc) is 2.26. The van der Waals surface area contributed by atoms with E-state index in [-0.39, 0.29) is 11.1 Å². The van der Waals surface area contributed by atoms with Crippen LogP contribution in [0.1, 0.15) is 33.3 Å². The standard InChI is InChI=1S/C14H21F3N2/c1-9(2)13(3,4)8-19-10-5-6-12(18)11(7-10)14(15,16)17/h5-7,9,19H,8,18H2,1-4H3. The highest BCUT2D eigenvalue weighted by Gasteiger charge is 2.33. The van der Waals surface area contributed by atoms with Crippen LogP contribution in [-0.2, 0) is 6.18 Å². The molecule has 0 fully saturated rings. The van der Waals surface area contributed by atoms with Crippen molar-refractivity contribution in [2.75, 3.05) is 17.6 Å². The van der Waals surface area contributed by atoms with Crippen LogP contribution >= 0.6 is 0 Å². The second kappa shape index (κ2) is 5.31. The highest BCUT2D eigenvalue weighted by molar-refractivity contribution is 5.58. The monoisotopic (exact) mass is 274 g/mol. The van der Waals surface area contributed by atoms with Crippen LogP contribution in [0.3, 0.4) is 0 Å². The lowest BCUT2D eigenvalue weighted by molar-refractivity contribution is -0.136. The topological polar surface area (TPSA) is 38.0 Å². The Hall–Kier alpha value is -1.39. The van der Waals surface area contributed by atoms with E-state index in [0.29, 0.717) is 18.2 Å². The number of anilines is 2. The number of hydrogen-bond acceptors (Lipinski definition) is 2. The normalized spacial score (nSPS) is 12.8. The summed E-state index contributed by atoms with van der Waals surface area (Å²) in [6.45, 7) is 8.93. The van der Waals surface area contributed by atoms with E-state index in [4.69, 9.17) is 5.73 Å². The molecule has 0 saturated carbocycles. The van der Waals surface area contributed by atoms with Gasteiger partial charge in [0.15, 0.2) is 0 Å². The maximum Gasteiger partial charge on any atom is 0.418 e. The van der Waals surface area contributed by atoms with Gasteiger partial charge in [-0.05, 0) is 29.5 Å². The molecule has 0 spiro atoms. The summed E-state index contributed by atoms with van der Waals surface area (Å²) in [5.74, 6) is 0.427. The molecule has 0 radical (unpaired) electrons. The Morgan fingerprint density at radius 1 is 1.21 bits per heavy atom. The van der Waals surface area contributed by atoms with Crippen molar-refractivity contribution < 1.29 is 13.2 Å². The first-order chi connectivity index (χ1) is 8.54. The van der Waals surface area contributed by atoms with Gasteiger partial charge in [0.1, 0.15) is 0 Å². The fraction of sp³-hybridized carbons (Fsp3) is 0.571. The molecule has 1 aromatic rings. The van der Waals surface area contributed by atoms with Crippen LogP contribution in [0.4, 0.5) is 24.5 Å². The van der Waals surface area contributed by atoms with Gasteiger partial charge < -0.3 is 11.1 Å². The zero-order valence-electron chi connectivity index (χ0n) is 11.7. The van der Waals surface area contributed by atoms with Crippen LogP contribution in [0, 0.1) is 11.3 Å². The lowest BCUT2D eigenvalue weighted by Crippen LogP contribution is -2.28. The summed E-state index contributed by atoms with van der Waals surface area (Å²) in [5, 5.41) is 3.05. The summed E-state index contributed by atoms with van der Waals surface area (Å²) in [6, 6.07) is 3.92. The van der Waals surface area contributed by atoms with Gasteiger partial charge in [-0.1, -0.05) is 27.7 Å². The van der Waals surface area contributed by atoms with Gasteiger partial charge >= 0.3 is 6.18 Å². The van der Waals surface area contributed by atoms with Crippen LogP contribution in [0.25, 0.3) is 0 Å². The van der Waals surface area contributed by atoms with Gasteiger partial charge in [0.2, 0.25) is 0 Å². The van der Waals surface area contributed by atoms with Gasteiger partial charge in [-0.2, -0.15) is 13.2 Å². The Morgan fingerprint density at radius 3 is 2.26 bits per heavy atom. The van der Waals surface area contributed by atoms with Gasteiger partial charge in [0, 0.05) is 17.9 Å². The van der Waals surface area contributed by atoms with E-state index in [1.165, 1.54) is 6.07 Å². The van der Waals surface area contributed by atoms with Crippen molar-refractivity contribution in [2.24, 2.45) is 11.3 Å². The summed E-state index contributed by atoms with van der Waals surface area (Å²) < 4.78 is 38.2. The Kier molecular flexibility index (Phi) is 4.38. The minimum absolute atomic E-state index is 0.000216. The van der Waals surface area contributed by atoms with Crippen molar-refractivity contribution >= 4 is 11.4 Å². The van der Waals surface area contributed by atoms with Crippen molar-refractivity contribution in [3.63, 3.8) is 0 Å². The van der Waals surface area contributed by atoms with Crippen LogP contribution < -0.4 is 11.1 Å². The lowest BCUT2D eigenvalue weighted by atomic mass is 9.81. The van der Waals surface area contributed by atoms with E-state index in [1.54, 1.807) is 6.07 Å². The molecule has 0 heterocycles. The zero-order chi connectivity index (χ0) is 14.8. The lowest BCUT2D eigenvalue weighted by Gasteiger charge is -2.30. The third kappa shape index (κ3) is 4.04. The molecule has 1 rings (SSSR count). The predicted molar refractivity (Wildman–Crippen MR) is 73.0 cm³/mol. The number of nitrogen functional groups attached to an aromatic ring is 1. The number of benzene rings is 1. The van der Waals surface area contributed by atoms with Crippen molar-refractivity contribution in [3.05, 3.63) is 23.8 Å². The molecule has 0 aliphatic rings. The van der Waals surface area contributed by atoms with E-state index in [0.717, 1.165) is 6.07 Å². The molecular weight excluding hydrogens is 253 g/mol. The molecule has 0 aliphatic carbocycles. The zero-order valence-corrected chi connectivity index (χ0v) is 11.7. The molecule has 1 aromatic carbocycles.